The van der Waals surface area contributed by atoms with E-state index in [0.29, 0.717) is 21.7 Å². The van der Waals surface area contributed by atoms with Crippen molar-refractivity contribution < 1.29 is 9.21 Å². The van der Waals surface area contributed by atoms with Crippen LogP contribution < -0.4 is 10.6 Å². The number of thiocarbonyl (C=S) groups is 1. The van der Waals surface area contributed by atoms with Crippen molar-refractivity contribution in [3.8, 4) is 22.6 Å². The molecule has 4 rings (SSSR count). The lowest BCUT2D eigenvalue weighted by molar-refractivity contribution is -0.115. The molecule has 0 saturated heterocycles. The second-order valence-electron chi connectivity index (χ2n) is 6.99. The standard InChI is InChI=1S/C24H17BrClN3O2S2/c1-14-2-3-16(12-19(14)26)21-10-8-18(31-21)9-11-22(30)28-23(32)29-24-27-20(13-33-24)15-4-6-17(25)7-5-15/h2-13H,1H3,(H2,27,28,29,30,32)/b11-9+. The number of nitrogens with zero attached hydrogens (tertiary/aromatic N) is 1. The maximum atomic E-state index is 12.2. The minimum atomic E-state index is -0.381. The summed E-state index contributed by atoms with van der Waals surface area (Å²) < 4.78 is 6.78. The number of nitrogens with one attached hydrogen (secondary N) is 2. The second kappa shape index (κ2) is 10.4. The van der Waals surface area contributed by atoms with Gasteiger partial charge < -0.3 is 9.73 Å². The Hall–Kier alpha value is -2.78. The van der Waals surface area contributed by atoms with Gasteiger partial charge >= 0.3 is 0 Å². The number of rotatable bonds is 5. The highest BCUT2D eigenvalue weighted by molar-refractivity contribution is 9.10. The molecule has 0 atom stereocenters. The van der Waals surface area contributed by atoms with Crippen LogP contribution in [0.5, 0.6) is 0 Å². The molecule has 9 heteroatoms. The molecule has 2 N–H and O–H groups in total. The Morgan fingerprint density at radius 2 is 1.91 bits per heavy atom. The highest BCUT2D eigenvalue weighted by Crippen LogP contribution is 2.28. The fourth-order valence-electron chi connectivity index (χ4n) is 2.87. The Kier molecular flexibility index (Phi) is 7.39. The summed E-state index contributed by atoms with van der Waals surface area (Å²) in [5.74, 6) is 0.822. The fraction of sp³-hybridized carbons (Fsp3) is 0.0417. The molecule has 0 aliphatic rings. The quantitative estimate of drug-likeness (QED) is 0.198. The normalized spacial score (nSPS) is 11.0. The van der Waals surface area contributed by atoms with Crippen molar-refractivity contribution in [3.05, 3.63) is 86.9 Å². The van der Waals surface area contributed by atoms with Gasteiger partial charge in [-0.1, -0.05) is 51.8 Å². The van der Waals surface area contributed by atoms with Crippen LogP contribution in [0.4, 0.5) is 5.13 Å². The van der Waals surface area contributed by atoms with Gasteiger partial charge in [0.25, 0.3) is 0 Å². The van der Waals surface area contributed by atoms with Gasteiger partial charge in [0, 0.05) is 32.1 Å². The number of hydrogen-bond acceptors (Lipinski definition) is 5. The first-order chi connectivity index (χ1) is 15.9. The average molecular weight is 559 g/mol. The summed E-state index contributed by atoms with van der Waals surface area (Å²) in [6.07, 6.45) is 2.93. The van der Waals surface area contributed by atoms with Gasteiger partial charge in [-0.3, -0.25) is 10.1 Å². The number of aromatic nitrogens is 1. The molecule has 5 nitrogen and oxygen atoms in total. The molecule has 33 heavy (non-hydrogen) atoms. The number of thiazole rings is 1. The molecular formula is C24H17BrClN3O2S2. The van der Waals surface area contributed by atoms with Gasteiger partial charge in [0.1, 0.15) is 11.5 Å². The molecule has 2 aromatic heterocycles. The first-order valence-electron chi connectivity index (χ1n) is 9.75. The first-order valence-corrected chi connectivity index (χ1v) is 12.2. The van der Waals surface area contributed by atoms with Crippen molar-refractivity contribution >= 4 is 73.3 Å². The summed E-state index contributed by atoms with van der Waals surface area (Å²) in [7, 11) is 0. The zero-order valence-corrected chi connectivity index (χ0v) is 21.2. The third-order valence-electron chi connectivity index (χ3n) is 4.58. The monoisotopic (exact) mass is 557 g/mol. The lowest BCUT2D eigenvalue weighted by Gasteiger charge is -2.04. The zero-order valence-electron chi connectivity index (χ0n) is 17.3. The number of aryl methyl sites for hydroxylation is 1. The predicted octanol–water partition coefficient (Wildman–Crippen LogP) is 7.32. The number of carbonyl (C=O) groups excluding carboxylic acids is 1. The van der Waals surface area contributed by atoms with E-state index in [0.717, 1.165) is 26.9 Å². The van der Waals surface area contributed by atoms with Crippen LogP contribution in [0.25, 0.3) is 28.7 Å². The van der Waals surface area contributed by atoms with Crippen LogP contribution in [0.15, 0.2) is 74.9 Å². The van der Waals surface area contributed by atoms with E-state index in [1.54, 1.807) is 12.1 Å². The van der Waals surface area contributed by atoms with Gasteiger partial charge in [-0.15, -0.1) is 11.3 Å². The molecule has 1 amide bonds. The van der Waals surface area contributed by atoms with Crippen LogP contribution in [0.2, 0.25) is 5.02 Å². The maximum Gasteiger partial charge on any atom is 0.250 e. The molecule has 166 valence electrons. The number of amides is 1. The van der Waals surface area contributed by atoms with Crippen molar-refractivity contribution in [2.45, 2.75) is 6.92 Å². The van der Waals surface area contributed by atoms with Crippen LogP contribution in [0, 0.1) is 6.92 Å². The Bertz CT molecular complexity index is 1350. The molecular weight excluding hydrogens is 542 g/mol. The van der Waals surface area contributed by atoms with Crippen molar-refractivity contribution in [3.63, 3.8) is 0 Å². The molecule has 0 aliphatic heterocycles. The van der Waals surface area contributed by atoms with Crippen LogP contribution in [0.1, 0.15) is 11.3 Å². The zero-order chi connectivity index (χ0) is 23.4. The highest BCUT2D eigenvalue weighted by atomic mass is 79.9. The van der Waals surface area contributed by atoms with Crippen molar-refractivity contribution in [1.29, 1.82) is 0 Å². The van der Waals surface area contributed by atoms with Gasteiger partial charge in [0.05, 0.1) is 5.69 Å². The minimum Gasteiger partial charge on any atom is -0.457 e. The van der Waals surface area contributed by atoms with Crippen molar-refractivity contribution in [2.24, 2.45) is 0 Å². The SMILES string of the molecule is Cc1ccc(-c2ccc(/C=C/C(=O)NC(=S)Nc3nc(-c4ccc(Br)cc4)cs3)o2)cc1Cl. The molecule has 0 fully saturated rings. The third kappa shape index (κ3) is 6.17. The Morgan fingerprint density at radius 1 is 1.15 bits per heavy atom. The molecule has 0 bridgehead atoms. The summed E-state index contributed by atoms with van der Waals surface area (Å²) in [4.78, 5) is 16.7. The molecule has 0 radical (unpaired) electrons. The van der Waals surface area contributed by atoms with Gasteiger partial charge in [-0.05, 0) is 61.1 Å². The highest BCUT2D eigenvalue weighted by Gasteiger charge is 2.09. The largest absolute Gasteiger partial charge is 0.457 e. The van der Waals surface area contributed by atoms with Crippen LogP contribution >= 0.6 is 51.1 Å². The summed E-state index contributed by atoms with van der Waals surface area (Å²) >= 11 is 16.2. The van der Waals surface area contributed by atoms with E-state index >= 15 is 0 Å². The molecule has 2 heterocycles. The molecule has 4 aromatic rings. The molecule has 0 unspecified atom stereocenters. The number of benzene rings is 2. The van der Waals surface area contributed by atoms with E-state index in [9.17, 15) is 4.79 Å². The van der Waals surface area contributed by atoms with E-state index < -0.39 is 0 Å². The fourth-order valence-corrected chi connectivity index (χ4v) is 4.30. The number of halogens is 2. The molecule has 2 aromatic carbocycles. The Morgan fingerprint density at radius 3 is 2.67 bits per heavy atom. The van der Waals surface area contributed by atoms with Crippen LogP contribution in [-0.2, 0) is 4.79 Å². The Labute approximate surface area is 213 Å². The molecule has 0 spiro atoms. The summed E-state index contributed by atoms with van der Waals surface area (Å²) in [5, 5.41) is 8.89. The number of hydrogen-bond donors (Lipinski definition) is 2. The van der Waals surface area contributed by atoms with Gasteiger partial charge in [-0.25, -0.2) is 4.98 Å². The van der Waals surface area contributed by atoms with Crippen LogP contribution in [-0.4, -0.2) is 16.0 Å². The third-order valence-corrected chi connectivity index (χ3v) is 6.48. The van der Waals surface area contributed by atoms with Crippen molar-refractivity contribution in [1.82, 2.24) is 10.3 Å². The van der Waals surface area contributed by atoms with Gasteiger partial charge in [-0.2, -0.15) is 0 Å². The van der Waals surface area contributed by atoms with E-state index in [-0.39, 0.29) is 11.0 Å². The maximum absolute atomic E-state index is 12.2. The lowest BCUT2D eigenvalue weighted by Crippen LogP contribution is -2.32. The number of carbonyl (C=O) groups is 1. The average Bonchev–Trinajstić information content (AvgIpc) is 3.44. The number of furan rings is 1. The smallest absolute Gasteiger partial charge is 0.250 e. The minimum absolute atomic E-state index is 0.163. The molecule has 0 aliphatic carbocycles. The van der Waals surface area contributed by atoms with Crippen LogP contribution in [0.3, 0.4) is 0 Å². The number of anilines is 1. The Balaban J connectivity index is 1.32. The lowest BCUT2D eigenvalue weighted by atomic mass is 10.1. The van der Waals surface area contributed by atoms with E-state index in [1.807, 2.05) is 60.8 Å². The summed E-state index contributed by atoms with van der Waals surface area (Å²) in [6.45, 7) is 1.94. The predicted molar refractivity (Wildman–Crippen MR) is 143 cm³/mol. The van der Waals surface area contributed by atoms with Gasteiger partial charge in [0.2, 0.25) is 5.91 Å². The van der Waals surface area contributed by atoms with E-state index in [4.69, 9.17) is 28.2 Å². The topological polar surface area (TPSA) is 67.2 Å². The first kappa shape index (κ1) is 23.4. The summed E-state index contributed by atoms with van der Waals surface area (Å²) in [5.41, 5.74) is 3.68. The summed E-state index contributed by atoms with van der Waals surface area (Å²) in [6, 6.07) is 17.2. The van der Waals surface area contributed by atoms with Gasteiger partial charge in [0.15, 0.2) is 10.2 Å². The van der Waals surface area contributed by atoms with E-state index in [1.165, 1.54) is 17.4 Å². The van der Waals surface area contributed by atoms with E-state index in [2.05, 4.69) is 31.5 Å². The second-order valence-corrected chi connectivity index (χ2v) is 9.58. The molecule has 0 saturated carbocycles. The van der Waals surface area contributed by atoms with Crippen molar-refractivity contribution in [2.75, 3.05) is 5.32 Å².